The van der Waals surface area contributed by atoms with Gasteiger partial charge in [-0.05, 0) is 29.2 Å². The van der Waals surface area contributed by atoms with Crippen LogP contribution in [0.15, 0.2) is 59.3 Å². The minimum Gasteiger partial charge on any atom is -0.476 e. The Morgan fingerprint density at radius 3 is 2.36 bits per heavy atom. The second-order valence-electron chi connectivity index (χ2n) is 7.78. The van der Waals surface area contributed by atoms with E-state index < -0.39 is 18.1 Å². The Bertz CT molecular complexity index is 1140. The second kappa shape index (κ2) is 9.56. The number of ether oxygens (including phenoxy) is 1. The molecule has 9 heteroatoms. The summed E-state index contributed by atoms with van der Waals surface area (Å²) in [6, 6.07) is 15.6. The Hall–Kier alpha value is -4.14. The van der Waals surface area contributed by atoms with Gasteiger partial charge < -0.3 is 24.9 Å². The molecule has 0 aliphatic heterocycles. The minimum atomic E-state index is -1.24. The molecule has 2 aromatic carbocycles. The molecule has 1 aromatic heterocycles. The standard InChI is InChI=1S/C24H23N3O6/c1-14(10-21(28)25-11-20-22(23(29)30)26-13-33-20)27-24(31)32-12-19-17-8-4-2-6-15(17)16-7-3-5-9-18(16)19/h2-9,13-14,19H,10-12H2,1H3,(H,25,28)(H,27,31)(H,29,30)/t14-/m0/s1. The summed E-state index contributed by atoms with van der Waals surface area (Å²) >= 11 is 0. The maximum absolute atomic E-state index is 12.3. The normalized spacial score (nSPS) is 13.0. The number of carboxylic acids is 1. The molecule has 1 heterocycles. The molecule has 4 rings (SSSR count). The third kappa shape index (κ3) is 4.87. The number of benzene rings is 2. The van der Waals surface area contributed by atoms with Crippen molar-refractivity contribution in [1.82, 2.24) is 15.6 Å². The zero-order chi connectivity index (χ0) is 23.4. The van der Waals surface area contributed by atoms with Gasteiger partial charge in [-0.3, -0.25) is 4.79 Å². The van der Waals surface area contributed by atoms with E-state index in [1.54, 1.807) is 6.92 Å². The van der Waals surface area contributed by atoms with Gasteiger partial charge in [0.05, 0.1) is 6.54 Å². The summed E-state index contributed by atoms with van der Waals surface area (Å²) in [4.78, 5) is 39.1. The lowest BCUT2D eigenvalue weighted by molar-refractivity contribution is -0.121. The molecular formula is C24H23N3O6. The average molecular weight is 449 g/mol. The zero-order valence-electron chi connectivity index (χ0n) is 17.9. The fraction of sp³-hybridized carbons (Fsp3) is 0.250. The largest absolute Gasteiger partial charge is 0.476 e. The average Bonchev–Trinajstić information content (AvgIpc) is 3.39. The fourth-order valence-corrected chi connectivity index (χ4v) is 3.99. The van der Waals surface area contributed by atoms with Crippen LogP contribution in [-0.2, 0) is 16.1 Å². The maximum Gasteiger partial charge on any atom is 0.407 e. The van der Waals surface area contributed by atoms with Crippen LogP contribution in [0.4, 0.5) is 4.79 Å². The Kier molecular flexibility index (Phi) is 6.39. The van der Waals surface area contributed by atoms with Gasteiger partial charge in [-0.1, -0.05) is 48.5 Å². The highest BCUT2D eigenvalue weighted by Gasteiger charge is 2.29. The van der Waals surface area contributed by atoms with Crippen molar-refractivity contribution in [3.63, 3.8) is 0 Å². The second-order valence-corrected chi connectivity index (χ2v) is 7.78. The smallest absolute Gasteiger partial charge is 0.407 e. The molecule has 33 heavy (non-hydrogen) atoms. The van der Waals surface area contributed by atoms with Gasteiger partial charge in [0.1, 0.15) is 6.61 Å². The SMILES string of the molecule is C[C@@H](CC(=O)NCc1ocnc1C(=O)O)NC(=O)OCC1c2ccccc2-c2ccccc21. The van der Waals surface area contributed by atoms with Crippen LogP contribution in [0.3, 0.4) is 0 Å². The first-order chi connectivity index (χ1) is 15.9. The minimum absolute atomic E-state index is 0.0132. The van der Waals surface area contributed by atoms with E-state index in [0.29, 0.717) is 0 Å². The van der Waals surface area contributed by atoms with Crippen LogP contribution in [0.2, 0.25) is 0 Å². The predicted molar refractivity (Wildman–Crippen MR) is 118 cm³/mol. The van der Waals surface area contributed by atoms with Crippen LogP contribution in [0.1, 0.15) is 46.6 Å². The molecule has 2 amide bonds. The van der Waals surface area contributed by atoms with Gasteiger partial charge in [-0.15, -0.1) is 0 Å². The molecule has 0 saturated carbocycles. The summed E-state index contributed by atoms with van der Waals surface area (Å²) in [5, 5.41) is 14.2. The van der Waals surface area contributed by atoms with Crippen LogP contribution in [0.25, 0.3) is 11.1 Å². The lowest BCUT2D eigenvalue weighted by Crippen LogP contribution is -2.38. The van der Waals surface area contributed by atoms with E-state index in [1.165, 1.54) is 0 Å². The van der Waals surface area contributed by atoms with E-state index in [4.69, 9.17) is 14.3 Å². The van der Waals surface area contributed by atoms with Crippen molar-refractivity contribution in [1.29, 1.82) is 0 Å². The third-order valence-corrected chi connectivity index (χ3v) is 5.49. The van der Waals surface area contributed by atoms with Gasteiger partial charge in [-0.2, -0.15) is 0 Å². The van der Waals surface area contributed by atoms with Crippen molar-refractivity contribution >= 4 is 18.0 Å². The van der Waals surface area contributed by atoms with Crippen LogP contribution in [0.5, 0.6) is 0 Å². The first kappa shape index (κ1) is 22.1. The number of hydrogen-bond acceptors (Lipinski definition) is 6. The van der Waals surface area contributed by atoms with E-state index in [0.717, 1.165) is 28.6 Å². The molecule has 1 atom stereocenters. The number of carbonyl (C=O) groups is 3. The number of aromatic carboxylic acids is 1. The van der Waals surface area contributed by atoms with Crippen LogP contribution in [-0.4, -0.2) is 40.7 Å². The number of fused-ring (bicyclic) bond motifs is 3. The third-order valence-electron chi connectivity index (χ3n) is 5.49. The van der Waals surface area contributed by atoms with Crippen molar-refractivity contribution in [3.05, 3.63) is 77.5 Å². The summed E-state index contributed by atoms with van der Waals surface area (Å²) in [7, 11) is 0. The number of alkyl carbamates (subject to hydrolysis) is 1. The number of rotatable bonds is 8. The number of carboxylic acid groups (broad SMARTS) is 1. The maximum atomic E-state index is 12.3. The summed E-state index contributed by atoms with van der Waals surface area (Å²) in [6.07, 6.45) is 0.382. The zero-order valence-corrected chi connectivity index (χ0v) is 17.9. The monoisotopic (exact) mass is 449 g/mol. The Morgan fingerprint density at radius 2 is 1.73 bits per heavy atom. The quantitative estimate of drug-likeness (QED) is 0.481. The van der Waals surface area contributed by atoms with Crippen molar-refractivity contribution in [2.75, 3.05) is 6.61 Å². The summed E-state index contributed by atoms with van der Waals surface area (Å²) < 4.78 is 10.5. The topological polar surface area (TPSA) is 131 Å². The van der Waals surface area contributed by atoms with Gasteiger partial charge in [0.2, 0.25) is 5.91 Å². The highest BCUT2D eigenvalue weighted by molar-refractivity contribution is 5.86. The molecule has 0 unspecified atom stereocenters. The van der Waals surface area contributed by atoms with Crippen LogP contribution < -0.4 is 10.6 Å². The number of nitrogens with one attached hydrogen (secondary N) is 2. The number of hydrogen-bond donors (Lipinski definition) is 3. The van der Waals surface area contributed by atoms with E-state index in [9.17, 15) is 14.4 Å². The van der Waals surface area contributed by atoms with Crippen molar-refractivity contribution in [3.8, 4) is 11.1 Å². The Labute approximate surface area is 189 Å². The van der Waals surface area contributed by atoms with Gasteiger partial charge >= 0.3 is 12.1 Å². The number of amides is 2. The van der Waals surface area contributed by atoms with Gasteiger partial charge in [-0.25, -0.2) is 14.6 Å². The van der Waals surface area contributed by atoms with Crippen molar-refractivity contribution in [2.24, 2.45) is 0 Å². The van der Waals surface area contributed by atoms with Crippen LogP contribution in [0, 0.1) is 0 Å². The van der Waals surface area contributed by atoms with Gasteiger partial charge in [0, 0.05) is 18.4 Å². The Morgan fingerprint density at radius 1 is 1.09 bits per heavy atom. The summed E-state index contributed by atoms with van der Waals surface area (Å²) in [5.41, 5.74) is 4.27. The molecule has 0 fully saturated rings. The summed E-state index contributed by atoms with van der Waals surface area (Å²) in [6.45, 7) is 1.75. The number of aromatic nitrogens is 1. The molecule has 9 nitrogen and oxygen atoms in total. The molecule has 0 radical (unpaired) electrons. The lowest BCUT2D eigenvalue weighted by Gasteiger charge is -2.17. The first-order valence-corrected chi connectivity index (χ1v) is 10.5. The lowest BCUT2D eigenvalue weighted by atomic mass is 9.98. The highest BCUT2D eigenvalue weighted by Crippen LogP contribution is 2.44. The van der Waals surface area contributed by atoms with Gasteiger partial charge in [0.15, 0.2) is 17.8 Å². The molecule has 0 spiro atoms. The highest BCUT2D eigenvalue weighted by atomic mass is 16.5. The summed E-state index contributed by atoms with van der Waals surface area (Å²) in [5.74, 6) is -1.62. The number of carbonyl (C=O) groups excluding carboxylic acids is 2. The molecule has 0 saturated heterocycles. The molecule has 3 N–H and O–H groups in total. The van der Waals surface area contributed by atoms with E-state index in [2.05, 4.69) is 27.8 Å². The first-order valence-electron chi connectivity index (χ1n) is 10.5. The molecule has 1 aliphatic carbocycles. The fourth-order valence-electron chi connectivity index (χ4n) is 3.99. The number of nitrogens with zero attached hydrogens (tertiary/aromatic N) is 1. The van der Waals surface area contributed by atoms with E-state index >= 15 is 0 Å². The molecular weight excluding hydrogens is 426 g/mol. The van der Waals surface area contributed by atoms with Crippen molar-refractivity contribution < 1.29 is 28.6 Å². The van der Waals surface area contributed by atoms with E-state index in [-0.39, 0.29) is 42.9 Å². The van der Waals surface area contributed by atoms with Crippen LogP contribution >= 0.6 is 0 Å². The van der Waals surface area contributed by atoms with Gasteiger partial charge in [0.25, 0.3) is 0 Å². The number of oxazole rings is 1. The molecule has 1 aliphatic rings. The van der Waals surface area contributed by atoms with Crippen molar-refractivity contribution in [2.45, 2.75) is 31.8 Å². The van der Waals surface area contributed by atoms with E-state index in [1.807, 2.05) is 36.4 Å². The molecule has 170 valence electrons. The molecule has 3 aromatic rings. The molecule has 0 bridgehead atoms. The predicted octanol–water partition coefficient (Wildman–Crippen LogP) is 3.31. The Balaban J connectivity index is 1.27.